The maximum atomic E-state index is 10.9. The second-order valence-electron chi connectivity index (χ2n) is 5.11. The molecule has 1 rings (SSSR count). The number of benzene rings is 1. The second kappa shape index (κ2) is 7.47. The minimum Gasteiger partial charge on any atom is -0.478 e. The van der Waals surface area contributed by atoms with Crippen LogP contribution in [0.5, 0.6) is 0 Å². The Morgan fingerprint density at radius 1 is 1.40 bits per heavy atom. The Morgan fingerprint density at radius 2 is 2.10 bits per heavy atom. The van der Waals surface area contributed by atoms with Gasteiger partial charge in [0.05, 0.1) is 10.5 Å². The molecule has 1 aromatic rings. The summed E-state index contributed by atoms with van der Waals surface area (Å²) in [6.45, 7) is 4.89. The molecule has 0 bridgehead atoms. The fourth-order valence-corrected chi connectivity index (χ4v) is 1.87. The molecule has 0 aliphatic carbocycles. The summed E-state index contributed by atoms with van der Waals surface area (Å²) >= 11 is 0. The summed E-state index contributed by atoms with van der Waals surface area (Å²) in [6.07, 6.45) is 3.04. The van der Waals surface area contributed by atoms with Crippen LogP contribution in [-0.4, -0.2) is 22.5 Å². The standard InChI is InChI=1S/C14H20N2O4/c1-10(2)5-3-4-8-15-12-9-11(14(17)18)6-7-13(12)16(19)20/h6-7,9-10,15H,3-5,8H2,1-2H3,(H,17,18). The van der Waals surface area contributed by atoms with Gasteiger partial charge < -0.3 is 10.4 Å². The average Bonchev–Trinajstić information content (AvgIpc) is 2.37. The molecule has 0 saturated carbocycles. The number of nitro groups is 1. The van der Waals surface area contributed by atoms with Gasteiger partial charge in [-0.3, -0.25) is 10.1 Å². The third-order valence-corrected chi connectivity index (χ3v) is 2.96. The molecule has 20 heavy (non-hydrogen) atoms. The van der Waals surface area contributed by atoms with Crippen LogP contribution in [0.1, 0.15) is 43.5 Å². The van der Waals surface area contributed by atoms with Crippen LogP contribution in [0.3, 0.4) is 0 Å². The Labute approximate surface area is 118 Å². The number of aromatic carboxylic acids is 1. The Bertz CT molecular complexity index is 486. The molecule has 0 aliphatic rings. The number of nitro benzene ring substituents is 1. The molecule has 0 aromatic heterocycles. The summed E-state index contributed by atoms with van der Waals surface area (Å²) in [6, 6.07) is 3.77. The zero-order valence-electron chi connectivity index (χ0n) is 11.8. The van der Waals surface area contributed by atoms with Crippen molar-refractivity contribution < 1.29 is 14.8 Å². The van der Waals surface area contributed by atoms with Gasteiger partial charge >= 0.3 is 5.97 Å². The van der Waals surface area contributed by atoms with E-state index in [-0.39, 0.29) is 16.9 Å². The number of carboxylic acids is 1. The molecule has 110 valence electrons. The number of unbranched alkanes of at least 4 members (excludes halogenated alkanes) is 1. The summed E-state index contributed by atoms with van der Waals surface area (Å²) in [4.78, 5) is 21.3. The maximum Gasteiger partial charge on any atom is 0.335 e. The summed E-state index contributed by atoms with van der Waals surface area (Å²) in [5.74, 6) is -0.456. The quantitative estimate of drug-likeness (QED) is 0.431. The van der Waals surface area contributed by atoms with Gasteiger partial charge in [0, 0.05) is 12.6 Å². The largest absolute Gasteiger partial charge is 0.478 e. The van der Waals surface area contributed by atoms with Crippen LogP contribution in [0.4, 0.5) is 11.4 Å². The van der Waals surface area contributed by atoms with Crippen LogP contribution in [0.15, 0.2) is 18.2 Å². The first-order valence-corrected chi connectivity index (χ1v) is 6.67. The van der Waals surface area contributed by atoms with E-state index < -0.39 is 10.9 Å². The Kier molecular flexibility index (Phi) is 5.96. The van der Waals surface area contributed by atoms with E-state index in [2.05, 4.69) is 19.2 Å². The highest BCUT2D eigenvalue weighted by atomic mass is 16.6. The van der Waals surface area contributed by atoms with Crippen molar-refractivity contribution in [3.63, 3.8) is 0 Å². The van der Waals surface area contributed by atoms with Gasteiger partial charge in [-0.1, -0.05) is 26.7 Å². The number of carbonyl (C=O) groups is 1. The van der Waals surface area contributed by atoms with Crippen molar-refractivity contribution in [1.82, 2.24) is 0 Å². The van der Waals surface area contributed by atoms with Gasteiger partial charge in [0.25, 0.3) is 5.69 Å². The molecule has 1 aromatic carbocycles. The van der Waals surface area contributed by atoms with Crippen molar-refractivity contribution in [3.8, 4) is 0 Å². The minimum atomic E-state index is -1.09. The third kappa shape index (κ3) is 4.87. The number of hydrogen-bond acceptors (Lipinski definition) is 4. The predicted octanol–water partition coefficient (Wildman–Crippen LogP) is 3.53. The molecule has 0 fully saturated rings. The van der Waals surface area contributed by atoms with E-state index in [1.54, 1.807) is 0 Å². The maximum absolute atomic E-state index is 10.9. The monoisotopic (exact) mass is 280 g/mol. The van der Waals surface area contributed by atoms with Crippen LogP contribution >= 0.6 is 0 Å². The lowest BCUT2D eigenvalue weighted by molar-refractivity contribution is -0.384. The van der Waals surface area contributed by atoms with Crippen LogP contribution in [0.25, 0.3) is 0 Å². The average molecular weight is 280 g/mol. The molecule has 0 amide bonds. The van der Waals surface area contributed by atoms with Gasteiger partial charge in [-0.15, -0.1) is 0 Å². The fourth-order valence-electron chi connectivity index (χ4n) is 1.87. The molecule has 0 radical (unpaired) electrons. The van der Waals surface area contributed by atoms with Crippen LogP contribution in [0.2, 0.25) is 0 Å². The third-order valence-electron chi connectivity index (χ3n) is 2.96. The van der Waals surface area contributed by atoms with Gasteiger partial charge in [0.15, 0.2) is 0 Å². The van der Waals surface area contributed by atoms with Gasteiger partial charge in [0.1, 0.15) is 5.69 Å². The van der Waals surface area contributed by atoms with Crippen molar-refractivity contribution >= 4 is 17.3 Å². The molecule has 2 N–H and O–H groups in total. The molecular weight excluding hydrogens is 260 g/mol. The van der Waals surface area contributed by atoms with Crippen molar-refractivity contribution in [3.05, 3.63) is 33.9 Å². The van der Waals surface area contributed by atoms with E-state index in [0.29, 0.717) is 12.5 Å². The van der Waals surface area contributed by atoms with E-state index in [1.807, 2.05) is 0 Å². The van der Waals surface area contributed by atoms with Gasteiger partial charge in [-0.2, -0.15) is 0 Å². The van der Waals surface area contributed by atoms with Gasteiger partial charge in [-0.25, -0.2) is 4.79 Å². The number of hydrogen-bond donors (Lipinski definition) is 2. The molecule has 6 heteroatoms. The topological polar surface area (TPSA) is 92.5 Å². The molecule has 0 heterocycles. The summed E-state index contributed by atoms with van der Waals surface area (Å²) in [5.41, 5.74) is 0.207. The van der Waals surface area contributed by atoms with Crippen molar-refractivity contribution in [2.45, 2.75) is 33.1 Å². The highest BCUT2D eigenvalue weighted by Crippen LogP contribution is 2.25. The minimum absolute atomic E-state index is 0.0419. The molecular formula is C14H20N2O4. The number of rotatable bonds is 8. The SMILES string of the molecule is CC(C)CCCCNc1cc(C(=O)O)ccc1[N+](=O)[O-]. The first kappa shape index (κ1) is 15.9. The number of anilines is 1. The number of nitrogens with one attached hydrogen (secondary N) is 1. The number of nitrogens with zero attached hydrogens (tertiary/aromatic N) is 1. The smallest absolute Gasteiger partial charge is 0.335 e. The molecule has 0 saturated heterocycles. The van der Waals surface area contributed by atoms with E-state index in [4.69, 9.17) is 5.11 Å². The first-order chi connectivity index (χ1) is 9.41. The molecule has 6 nitrogen and oxygen atoms in total. The van der Waals surface area contributed by atoms with Gasteiger partial charge in [0.2, 0.25) is 0 Å². The molecule has 0 unspecified atom stereocenters. The zero-order chi connectivity index (χ0) is 15.1. The normalized spacial score (nSPS) is 10.6. The van der Waals surface area contributed by atoms with E-state index in [9.17, 15) is 14.9 Å². The summed E-state index contributed by atoms with van der Waals surface area (Å²) in [7, 11) is 0. The van der Waals surface area contributed by atoms with Crippen LogP contribution in [0, 0.1) is 16.0 Å². The van der Waals surface area contributed by atoms with Crippen molar-refractivity contribution in [2.75, 3.05) is 11.9 Å². The molecule has 0 spiro atoms. The fraction of sp³-hybridized carbons (Fsp3) is 0.500. The highest BCUT2D eigenvalue weighted by molar-refractivity contribution is 5.90. The Morgan fingerprint density at radius 3 is 2.65 bits per heavy atom. The second-order valence-corrected chi connectivity index (χ2v) is 5.11. The summed E-state index contributed by atoms with van der Waals surface area (Å²) < 4.78 is 0. The van der Waals surface area contributed by atoms with Crippen LogP contribution < -0.4 is 5.32 Å². The highest BCUT2D eigenvalue weighted by Gasteiger charge is 2.16. The number of carboxylic acid groups (broad SMARTS) is 1. The first-order valence-electron chi connectivity index (χ1n) is 6.67. The van der Waals surface area contributed by atoms with E-state index >= 15 is 0 Å². The molecule has 0 atom stereocenters. The van der Waals surface area contributed by atoms with E-state index in [0.717, 1.165) is 19.3 Å². The lowest BCUT2D eigenvalue weighted by Crippen LogP contribution is -2.06. The molecule has 0 aliphatic heterocycles. The van der Waals surface area contributed by atoms with Crippen molar-refractivity contribution in [2.24, 2.45) is 5.92 Å². The zero-order valence-corrected chi connectivity index (χ0v) is 11.8. The van der Waals surface area contributed by atoms with E-state index in [1.165, 1.54) is 18.2 Å². The van der Waals surface area contributed by atoms with Crippen LogP contribution in [-0.2, 0) is 0 Å². The van der Waals surface area contributed by atoms with Gasteiger partial charge in [-0.05, 0) is 24.5 Å². The predicted molar refractivity (Wildman–Crippen MR) is 77.2 cm³/mol. The lowest BCUT2D eigenvalue weighted by atomic mass is 10.1. The lowest BCUT2D eigenvalue weighted by Gasteiger charge is -2.09. The Hall–Kier alpha value is -2.11. The van der Waals surface area contributed by atoms with Crippen molar-refractivity contribution in [1.29, 1.82) is 0 Å². The summed E-state index contributed by atoms with van der Waals surface area (Å²) in [5, 5.41) is 22.8. The Balaban J connectivity index is 2.68.